The van der Waals surface area contributed by atoms with E-state index in [1.54, 1.807) is 6.07 Å². The van der Waals surface area contributed by atoms with Crippen LogP contribution in [0.15, 0.2) is 67.0 Å². The summed E-state index contributed by atoms with van der Waals surface area (Å²) < 4.78 is 7.76. The molecule has 2 aromatic carbocycles. The van der Waals surface area contributed by atoms with E-state index in [1.165, 1.54) is 5.56 Å². The number of nitrogens with zero attached hydrogens (tertiary/aromatic N) is 5. The lowest BCUT2D eigenvalue weighted by Gasteiger charge is -2.32. The molecule has 7 heteroatoms. The van der Waals surface area contributed by atoms with E-state index in [9.17, 15) is 5.11 Å². The Kier molecular flexibility index (Phi) is 6.02. The number of aromatic hydroxyl groups is 1. The number of benzene rings is 2. The molecule has 0 atom stereocenters. The van der Waals surface area contributed by atoms with Gasteiger partial charge in [-0.3, -0.25) is 4.90 Å². The molecule has 4 aromatic rings. The number of rotatable bonds is 5. The topological polar surface area (TPSA) is 76.3 Å². The van der Waals surface area contributed by atoms with Crippen LogP contribution in [0, 0.1) is 0 Å². The molecule has 7 nitrogen and oxygen atoms in total. The van der Waals surface area contributed by atoms with Crippen LogP contribution in [-0.2, 0) is 11.3 Å². The molecule has 0 radical (unpaired) electrons. The Labute approximate surface area is 204 Å². The molecule has 1 fully saturated rings. The molecular formula is C28H29N5O2. The van der Waals surface area contributed by atoms with Crippen molar-refractivity contribution < 1.29 is 9.84 Å². The van der Waals surface area contributed by atoms with Crippen molar-refractivity contribution in [2.75, 3.05) is 26.3 Å². The van der Waals surface area contributed by atoms with Gasteiger partial charge < -0.3 is 14.4 Å². The SMILES string of the molecule is Oc1ccccc1-c1nc(C2=CCOCC2)c2ncn(C3CCN(Cc4ccccc4)CC3)c2n1. The monoisotopic (exact) mass is 467 g/mol. The molecular weight excluding hydrogens is 438 g/mol. The van der Waals surface area contributed by atoms with Gasteiger partial charge in [-0.25, -0.2) is 15.0 Å². The zero-order valence-electron chi connectivity index (χ0n) is 19.7. The van der Waals surface area contributed by atoms with Crippen LogP contribution < -0.4 is 0 Å². The smallest absolute Gasteiger partial charge is 0.166 e. The van der Waals surface area contributed by atoms with Crippen molar-refractivity contribution in [2.24, 2.45) is 0 Å². The van der Waals surface area contributed by atoms with Crippen LogP contribution in [0.5, 0.6) is 5.75 Å². The number of piperidine rings is 1. The Morgan fingerprint density at radius 3 is 2.54 bits per heavy atom. The molecule has 1 N–H and O–H groups in total. The summed E-state index contributed by atoms with van der Waals surface area (Å²) in [5.41, 5.74) is 5.62. The maximum absolute atomic E-state index is 10.5. The summed E-state index contributed by atoms with van der Waals surface area (Å²) in [5.74, 6) is 0.709. The number of fused-ring (bicyclic) bond motifs is 1. The first-order valence-electron chi connectivity index (χ1n) is 12.3. The molecule has 0 unspecified atom stereocenters. The molecule has 6 rings (SSSR count). The summed E-state index contributed by atoms with van der Waals surface area (Å²) in [6.07, 6.45) is 6.88. The largest absolute Gasteiger partial charge is 0.507 e. The predicted octanol–water partition coefficient (Wildman–Crippen LogP) is 4.84. The zero-order valence-corrected chi connectivity index (χ0v) is 19.7. The lowest BCUT2D eigenvalue weighted by atomic mass is 10.0. The van der Waals surface area contributed by atoms with Gasteiger partial charge in [-0.2, -0.15) is 0 Å². The number of likely N-dealkylation sites (tertiary alicyclic amines) is 1. The van der Waals surface area contributed by atoms with Gasteiger partial charge in [0.1, 0.15) is 11.3 Å². The van der Waals surface area contributed by atoms with Gasteiger partial charge in [0.25, 0.3) is 0 Å². The number of aromatic nitrogens is 4. The molecule has 0 amide bonds. The minimum absolute atomic E-state index is 0.180. The van der Waals surface area contributed by atoms with Crippen LogP contribution >= 0.6 is 0 Å². The van der Waals surface area contributed by atoms with Crippen molar-refractivity contribution in [1.29, 1.82) is 0 Å². The van der Waals surface area contributed by atoms with E-state index >= 15 is 0 Å². The fourth-order valence-electron chi connectivity index (χ4n) is 5.13. The van der Waals surface area contributed by atoms with E-state index in [2.05, 4.69) is 45.9 Å². The van der Waals surface area contributed by atoms with Crippen molar-refractivity contribution >= 4 is 16.7 Å². The van der Waals surface area contributed by atoms with Gasteiger partial charge in [0, 0.05) is 25.7 Å². The molecule has 4 heterocycles. The van der Waals surface area contributed by atoms with Gasteiger partial charge in [0.2, 0.25) is 0 Å². The average Bonchev–Trinajstić information content (AvgIpc) is 3.34. The summed E-state index contributed by atoms with van der Waals surface area (Å²) in [7, 11) is 0. The highest BCUT2D eigenvalue weighted by molar-refractivity contribution is 5.87. The van der Waals surface area contributed by atoms with Crippen LogP contribution in [0.1, 0.15) is 36.6 Å². The van der Waals surface area contributed by atoms with Crippen LogP contribution in [0.2, 0.25) is 0 Å². The quantitative estimate of drug-likeness (QED) is 0.453. The molecule has 0 bridgehead atoms. The highest BCUT2D eigenvalue weighted by Crippen LogP contribution is 2.34. The van der Waals surface area contributed by atoms with Crippen LogP contribution in [0.4, 0.5) is 0 Å². The van der Waals surface area contributed by atoms with Crippen molar-refractivity contribution in [1.82, 2.24) is 24.4 Å². The number of hydrogen-bond donors (Lipinski definition) is 1. The van der Waals surface area contributed by atoms with E-state index in [1.807, 2.05) is 24.5 Å². The van der Waals surface area contributed by atoms with Gasteiger partial charge in [-0.15, -0.1) is 0 Å². The highest BCUT2D eigenvalue weighted by Gasteiger charge is 2.25. The Balaban J connectivity index is 1.34. The summed E-state index contributed by atoms with van der Waals surface area (Å²) >= 11 is 0. The molecule has 0 spiro atoms. The van der Waals surface area contributed by atoms with Gasteiger partial charge in [0.05, 0.1) is 30.8 Å². The molecule has 0 saturated carbocycles. The maximum Gasteiger partial charge on any atom is 0.166 e. The molecule has 1 saturated heterocycles. The average molecular weight is 468 g/mol. The molecule has 2 aliphatic heterocycles. The summed E-state index contributed by atoms with van der Waals surface area (Å²) in [5, 5.41) is 10.5. The Hall–Kier alpha value is -3.55. The van der Waals surface area contributed by atoms with E-state index in [4.69, 9.17) is 19.7 Å². The first kappa shape index (κ1) is 21.9. The Morgan fingerprint density at radius 2 is 1.77 bits per heavy atom. The van der Waals surface area contributed by atoms with E-state index in [0.29, 0.717) is 30.6 Å². The second kappa shape index (κ2) is 9.60. The van der Waals surface area contributed by atoms with Crippen LogP contribution in [-0.4, -0.2) is 55.8 Å². The summed E-state index contributed by atoms with van der Waals surface area (Å²) in [4.78, 5) is 17.1. The lowest BCUT2D eigenvalue weighted by Crippen LogP contribution is -2.34. The molecule has 2 aromatic heterocycles. The number of phenolic OH excluding ortho intramolecular Hbond substituents is 1. The fraction of sp³-hybridized carbons (Fsp3) is 0.321. The predicted molar refractivity (Wildman–Crippen MR) is 136 cm³/mol. The van der Waals surface area contributed by atoms with Crippen molar-refractivity contribution in [3.63, 3.8) is 0 Å². The maximum atomic E-state index is 10.5. The number of hydrogen-bond acceptors (Lipinski definition) is 6. The molecule has 178 valence electrons. The van der Waals surface area contributed by atoms with Crippen LogP contribution in [0.3, 0.4) is 0 Å². The minimum atomic E-state index is 0.180. The second-order valence-electron chi connectivity index (χ2n) is 9.28. The molecule has 2 aliphatic rings. The van der Waals surface area contributed by atoms with Crippen molar-refractivity contribution in [3.05, 3.63) is 78.3 Å². The number of phenols is 1. The second-order valence-corrected chi connectivity index (χ2v) is 9.28. The normalized spacial score (nSPS) is 17.5. The van der Waals surface area contributed by atoms with Gasteiger partial charge in [-0.1, -0.05) is 48.5 Å². The summed E-state index contributed by atoms with van der Waals surface area (Å²) in [6.45, 7) is 4.30. The van der Waals surface area contributed by atoms with E-state index in [-0.39, 0.29) is 5.75 Å². The third kappa shape index (κ3) is 4.45. The Morgan fingerprint density at radius 1 is 0.971 bits per heavy atom. The zero-order chi connectivity index (χ0) is 23.6. The number of para-hydroxylation sites is 1. The minimum Gasteiger partial charge on any atom is -0.507 e. The standard InChI is InChI=1S/C28H29N5O2/c34-24-9-5-4-8-23(24)27-30-25(21-12-16-35-17-13-21)26-28(31-27)33(19-29-26)22-10-14-32(15-11-22)18-20-6-2-1-3-7-20/h1-9,12,19,22,34H,10-11,13-18H2. The lowest BCUT2D eigenvalue weighted by molar-refractivity contribution is 0.161. The highest BCUT2D eigenvalue weighted by atomic mass is 16.5. The summed E-state index contributed by atoms with van der Waals surface area (Å²) in [6, 6.07) is 18.2. The third-order valence-corrected chi connectivity index (χ3v) is 7.03. The molecule has 35 heavy (non-hydrogen) atoms. The van der Waals surface area contributed by atoms with Crippen LogP contribution in [0.25, 0.3) is 28.1 Å². The van der Waals surface area contributed by atoms with Gasteiger partial charge in [0.15, 0.2) is 11.5 Å². The van der Waals surface area contributed by atoms with E-state index in [0.717, 1.165) is 61.3 Å². The van der Waals surface area contributed by atoms with Gasteiger partial charge in [-0.05, 0) is 42.5 Å². The number of imidazole rings is 1. The number of ether oxygens (including phenoxy) is 1. The van der Waals surface area contributed by atoms with Crippen molar-refractivity contribution in [2.45, 2.75) is 31.8 Å². The Bertz CT molecular complexity index is 1360. The van der Waals surface area contributed by atoms with E-state index < -0.39 is 0 Å². The van der Waals surface area contributed by atoms with Gasteiger partial charge >= 0.3 is 0 Å². The fourth-order valence-corrected chi connectivity index (χ4v) is 5.13. The third-order valence-electron chi connectivity index (χ3n) is 7.03. The van der Waals surface area contributed by atoms with Crippen molar-refractivity contribution in [3.8, 4) is 17.1 Å². The first-order valence-corrected chi connectivity index (χ1v) is 12.3. The first-order chi connectivity index (χ1) is 17.3. The molecule has 0 aliphatic carbocycles.